The van der Waals surface area contributed by atoms with Crippen LogP contribution in [0, 0.1) is 0 Å². The molecule has 0 aromatic carbocycles. The first-order valence-electron chi connectivity index (χ1n) is 8.33. The number of thiol groups is 2. The molecule has 0 aromatic rings. The van der Waals surface area contributed by atoms with Crippen molar-refractivity contribution in [3.63, 3.8) is 0 Å². The summed E-state index contributed by atoms with van der Waals surface area (Å²) in [6, 6.07) is -0.929. The van der Waals surface area contributed by atoms with E-state index in [0.29, 0.717) is 13.0 Å². The number of amides is 3. The van der Waals surface area contributed by atoms with Crippen molar-refractivity contribution in [2.45, 2.75) is 38.3 Å². The zero-order valence-corrected chi connectivity index (χ0v) is 16.9. The molecule has 0 aromatic heterocycles. The minimum atomic E-state index is -0.768. The molecule has 0 aliphatic heterocycles. The number of Topliss-reactive ketones (excluding diaryl/α,β-unsaturated/α-hetero) is 1. The molecule has 0 saturated carbocycles. The fourth-order valence-corrected chi connectivity index (χ4v) is 2.40. The van der Waals surface area contributed by atoms with Crippen molar-refractivity contribution in [2.75, 3.05) is 31.6 Å². The van der Waals surface area contributed by atoms with E-state index in [9.17, 15) is 19.2 Å². The molecule has 0 bridgehead atoms. The fourth-order valence-electron chi connectivity index (χ4n) is 2.06. The van der Waals surface area contributed by atoms with E-state index in [-0.39, 0.29) is 41.7 Å². The Hall–Kier alpha value is -1.30. The van der Waals surface area contributed by atoms with Gasteiger partial charge in [0.25, 0.3) is 0 Å². The standard InChI is InChI=1S/C15H29N5O4S2/c1-10(21)11(16-2)5-3-4-6-17-15(24)12(8-25)19-13(22)7-18-20-14(23)9-26/h11-12,16,18,25-26H,3-9H2,1-2H3,(H,17,24)(H,19,22)(H,20,23). The predicted molar refractivity (Wildman–Crippen MR) is 106 cm³/mol. The van der Waals surface area contributed by atoms with Gasteiger partial charge in [0, 0.05) is 12.3 Å². The molecule has 0 saturated heterocycles. The van der Waals surface area contributed by atoms with Crippen molar-refractivity contribution in [2.24, 2.45) is 0 Å². The van der Waals surface area contributed by atoms with Gasteiger partial charge < -0.3 is 16.0 Å². The molecule has 2 atom stereocenters. The van der Waals surface area contributed by atoms with Crippen LogP contribution in [-0.2, 0) is 19.2 Å². The summed E-state index contributed by atoms with van der Waals surface area (Å²) in [6.07, 6.45) is 2.22. The Labute approximate surface area is 165 Å². The van der Waals surface area contributed by atoms with Crippen LogP contribution in [0.25, 0.3) is 0 Å². The third-order valence-electron chi connectivity index (χ3n) is 3.51. The maximum Gasteiger partial charge on any atom is 0.243 e. The molecule has 2 unspecified atom stereocenters. The van der Waals surface area contributed by atoms with Crippen molar-refractivity contribution >= 4 is 48.8 Å². The number of unbranched alkanes of at least 4 members (excludes halogenated alkanes) is 1. The summed E-state index contributed by atoms with van der Waals surface area (Å²) >= 11 is 7.85. The van der Waals surface area contributed by atoms with Gasteiger partial charge in [0.05, 0.1) is 18.3 Å². The molecule has 9 nitrogen and oxygen atoms in total. The third-order valence-corrected chi connectivity index (χ3v) is 4.16. The number of hydrogen-bond donors (Lipinski definition) is 7. The summed E-state index contributed by atoms with van der Waals surface area (Å²) in [6.45, 7) is 1.82. The smallest absolute Gasteiger partial charge is 0.243 e. The van der Waals surface area contributed by atoms with Crippen LogP contribution in [0.3, 0.4) is 0 Å². The topological polar surface area (TPSA) is 128 Å². The van der Waals surface area contributed by atoms with Gasteiger partial charge >= 0.3 is 0 Å². The fraction of sp³-hybridized carbons (Fsp3) is 0.733. The molecule has 0 fully saturated rings. The van der Waals surface area contributed by atoms with E-state index in [2.05, 4.69) is 52.1 Å². The lowest BCUT2D eigenvalue weighted by atomic mass is 10.1. The lowest BCUT2D eigenvalue weighted by Crippen LogP contribution is -2.52. The minimum absolute atomic E-state index is 0.00221. The molecule has 0 aliphatic carbocycles. The third kappa shape index (κ3) is 11.3. The van der Waals surface area contributed by atoms with Gasteiger partial charge in [-0.2, -0.15) is 25.3 Å². The number of carbonyl (C=O) groups excluding carboxylic acids is 4. The van der Waals surface area contributed by atoms with Crippen LogP contribution in [0.2, 0.25) is 0 Å². The van der Waals surface area contributed by atoms with E-state index in [4.69, 9.17) is 0 Å². The van der Waals surface area contributed by atoms with Crippen LogP contribution in [0.1, 0.15) is 26.2 Å². The van der Waals surface area contributed by atoms with E-state index in [0.717, 1.165) is 12.8 Å². The second kappa shape index (κ2) is 14.8. The highest BCUT2D eigenvalue weighted by atomic mass is 32.1. The highest BCUT2D eigenvalue weighted by Crippen LogP contribution is 2.01. The molecule has 3 amide bonds. The molecule has 5 N–H and O–H groups in total. The zero-order valence-electron chi connectivity index (χ0n) is 15.1. The normalized spacial score (nSPS) is 12.8. The Bertz CT molecular complexity index is 479. The summed E-state index contributed by atoms with van der Waals surface area (Å²) < 4.78 is 0. The maximum absolute atomic E-state index is 12.1. The van der Waals surface area contributed by atoms with Gasteiger partial charge in [-0.25, -0.2) is 5.43 Å². The molecule has 0 spiro atoms. The second-order valence-corrected chi connectivity index (χ2v) is 6.28. The predicted octanol–water partition coefficient (Wildman–Crippen LogP) is -1.58. The first kappa shape index (κ1) is 24.7. The van der Waals surface area contributed by atoms with Crippen molar-refractivity contribution in [3.05, 3.63) is 0 Å². The number of rotatable bonds is 14. The Morgan fingerprint density at radius 1 is 1.00 bits per heavy atom. The van der Waals surface area contributed by atoms with Crippen molar-refractivity contribution in [1.29, 1.82) is 0 Å². The molecule has 0 radical (unpaired) electrons. The number of nitrogens with one attached hydrogen (secondary N) is 5. The summed E-state index contributed by atoms with van der Waals surface area (Å²) in [4.78, 5) is 46.1. The van der Waals surface area contributed by atoms with Crippen LogP contribution in [0.4, 0.5) is 0 Å². The molecule has 0 rings (SSSR count). The quantitative estimate of drug-likeness (QED) is 0.106. The summed E-state index contributed by atoms with van der Waals surface area (Å²) in [5.41, 5.74) is 4.72. The molecule has 11 heteroatoms. The van der Waals surface area contributed by atoms with E-state index < -0.39 is 11.9 Å². The highest BCUT2D eigenvalue weighted by molar-refractivity contribution is 7.81. The monoisotopic (exact) mass is 407 g/mol. The van der Waals surface area contributed by atoms with Gasteiger partial charge in [0.15, 0.2) is 0 Å². The lowest BCUT2D eigenvalue weighted by Gasteiger charge is -2.17. The van der Waals surface area contributed by atoms with Crippen LogP contribution >= 0.6 is 25.3 Å². The van der Waals surface area contributed by atoms with Crippen LogP contribution < -0.4 is 26.8 Å². The van der Waals surface area contributed by atoms with Gasteiger partial charge in [-0.1, -0.05) is 0 Å². The maximum atomic E-state index is 12.1. The van der Waals surface area contributed by atoms with E-state index in [1.54, 1.807) is 14.0 Å². The van der Waals surface area contributed by atoms with Crippen LogP contribution in [-0.4, -0.2) is 67.2 Å². The average Bonchev–Trinajstić information content (AvgIpc) is 2.61. The average molecular weight is 408 g/mol. The Balaban J connectivity index is 4.03. The number of likely N-dealkylation sites (N-methyl/N-ethyl adjacent to an activating group) is 1. The van der Waals surface area contributed by atoms with Gasteiger partial charge in [-0.05, 0) is 33.2 Å². The largest absolute Gasteiger partial charge is 0.354 e. The molecule has 0 heterocycles. The molecular formula is C15H29N5O4S2. The number of ketones is 1. The Kier molecular flexibility index (Phi) is 14.1. The van der Waals surface area contributed by atoms with Gasteiger partial charge in [-0.15, -0.1) is 0 Å². The number of carbonyl (C=O) groups is 4. The molecule has 26 heavy (non-hydrogen) atoms. The highest BCUT2D eigenvalue weighted by Gasteiger charge is 2.18. The van der Waals surface area contributed by atoms with Crippen molar-refractivity contribution in [3.8, 4) is 0 Å². The van der Waals surface area contributed by atoms with Crippen molar-refractivity contribution < 1.29 is 19.2 Å². The first-order chi connectivity index (χ1) is 12.3. The Morgan fingerprint density at radius 2 is 1.69 bits per heavy atom. The molecular weight excluding hydrogens is 378 g/mol. The van der Waals surface area contributed by atoms with Crippen molar-refractivity contribution in [1.82, 2.24) is 26.8 Å². The summed E-state index contributed by atoms with van der Waals surface area (Å²) in [5, 5.41) is 8.21. The van der Waals surface area contributed by atoms with Crippen LogP contribution in [0.5, 0.6) is 0 Å². The second-order valence-electron chi connectivity index (χ2n) is 5.60. The zero-order chi connectivity index (χ0) is 19.9. The van der Waals surface area contributed by atoms with E-state index in [1.807, 2.05) is 0 Å². The summed E-state index contributed by atoms with van der Waals surface area (Å²) in [5.74, 6) is -0.908. The van der Waals surface area contributed by atoms with Gasteiger partial charge in [0.1, 0.15) is 11.8 Å². The first-order valence-corrected chi connectivity index (χ1v) is 9.60. The molecule has 150 valence electrons. The molecule has 0 aliphatic rings. The Morgan fingerprint density at radius 3 is 2.23 bits per heavy atom. The number of hydrazine groups is 1. The van der Waals surface area contributed by atoms with Crippen LogP contribution in [0.15, 0.2) is 0 Å². The minimum Gasteiger partial charge on any atom is -0.354 e. The van der Waals surface area contributed by atoms with Gasteiger partial charge in [0.2, 0.25) is 17.7 Å². The van der Waals surface area contributed by atoms with E-state index >= 15 is 0 Å². The summed E-state index contributed by atoms with van der Waals surface area (Å²) in [7, 11) is 1.74. The SMILES string of the molecule is CNC(CCCCNC(=O)C(CS)NC(=O)CNNC(=O)CS)C(C)=O. The van der Waals surface area contributed by atoms with Gasteiger partial charge in [-0.3, -0.25) is 24.6 Å². The van der Waals surface area contributed by atoms with E-state index in [1.165, 1.54) is 0 Å². The lowest BCUT2D eigenvalue weighted by molar-refractivity contribution is -0.128. The number of hydrogen-bond acceptors (Lipinski definition) is 8.